The van der Waals surface area contributed by atoms with Gasteiger partial charge in [-0.15, -0.1) is 0 Å². The maximum absolute atomic E-state index is 12.0. The standard InChI is InChI=1S/C16H30N2O/c1-13(2)5-8-17-11-16(12-17)6-9-18(10-7-16)15(19)14(3)4/h13-14H,5-12H2,1-4H3. The van der Waals surface area contributed by atoms with E-state index in [9.17, 15) is 4.79 Å². The van der Waals surface area contributed by atoms with Crippen molar-refractivity contribution in [1.29, 1.82) is 0 Å². The lowest BCUT2D eigenvalue weighted by Gasteiger charge is -2.54. The zero-order valence-corrected chi connectivity index (χ0v) is 13.1. The predicted octanol–water partition coefficient (Wildman–Crippen LogP) is 2.61. The number of piperidine rings is 1. The lowest BCUT2D eigenvalue weighted by molar-refractivity contribution is -0.139. The lowest BCUT2D eigenvalue weighted by Crippen LogP contribution is -2.61. The molecule has 3 heteroatoms. The molecular formula is C16H30N2O. The molecule has 0 aromatic carbocycles. The molecule has 1 spiro atoms. The van der Waals surface area contributed by atoms with Gasteiger partial charge in [-0.05, 0) is 37.1 Å². The smallest absolute Gasteiger partial charge is 0.225 e. The summed E-state index contributed by atoms with van der Waals surface area (Å²) in [7, 11) is 0. The Morgan fingerprint density at radius 1 is 1.11 bits per heavy atom. The third-order valence-electron chi connectivity index (χ3n) is 4.77. The van der Waals surface area contributed by atoms with Crippen LogP contribution in [-0.2, 0) is 4.79 Å². The molecule has 2 aliphatic heterocycles. The summed E-state index contributed by atoms with van der Waals surface area (Å²) in [5, 5.41) is 0. The van der Waals surface area contributed by atoms with Crippen molar-refractivity contribution in [3.63, 3.8) is 0 Å². The second-order valence-corrected chi connectivity index (χ2v) is 7.37. The Labute approximate surface area is 118 Å². The normalized spacial score (nSPS) is 23.2. The van der Waals surface area contributed by atoms with E-state index in [0.717, 1.165) is 19.0 Å². The number of rotatable bonds is 4. The van der Waals surface area contributed by atoms with Crippen LogP contribution in [0.4, 0.5) is 0 Å². The maximum atomic E-state index is 12.0. The van der Waals surface area contributed by atoms with Crippen molar-refractivity contribution >= 4 is 5.91 Å². The number of hydrogen-bond acceptors (Lipinski definition) is 2. The zero-order valence-electron chi connectivity index (χ0n) is 13.1. The minimum atomic E-state index is 0.151. The summed E-state index contributed by atoms with van der Waals surface area (Å²) in [6, 6.07) is 0. The first-order valence-electron chi connectivity index (χ1n) is 7.93. The molecule has 0 N–H and O–H groups in total. The minimum Gasteiger partial charge on any atom is -0.342 e. The van der Waals surface area contributed by atoms with Crippen LogP contribution in [0.2, 0.25) is 0 Å². The molecule has 2 aliphatic rings. The summed E-state index contributed by atoms with van der Waals surface area (Å²) in [4.78, 5) is 16.6. The first kappa shape index (κ1) is 14.8. The van der Waals surface area contributed by atoms with Crippen LogP contribution in [-0.4, -0.2) is 48.4 Å². The second kappa shape index (κ2) is 5.82. The van der Waals surface area contributed by atoms with Crippen LogP contribution in [0.3, 0.4) is 0 Å². The van der Waals surface area contributed by atoms with E-state index < -0.39 is 0 Å². The highest BCUT2D eigenvalue weighted by Crippen LogP contribution is 2.40. The van der Waals surface area contributed by atoms with E-state index in [1.54, 1.807) is 0 Å². The Balaban J connectivity index is 1.72. The number of hydrogen-bond donors (Lipinski definition) is 0. The van der Waals surface area contributed by atoms with Crippen LogP contribution in [0.15, 0.2) is 0 Å². The van der Waals surface area contributed by atoms with Crippen molar-refractivity contribution in [3.8, 4) is 0 Å². The first-order valence-corrected chi connectivity index (χ1v) is 7.93. The van der Waals surface area contributed by atoms with Crippen molar-refractivity contribution in [2.45, 2.75) is 47.0 Å². The van der Waals surface area contributed by atoms with Gasteiger partial charge in [0, 0.05) is 32.1 Å². The highest BCUT2D eigenvalue weighted by molar-refractivity contribution is 5.78. The van der Waals surface area contributed by atoms with Gasteiger partial charge in [-0.1, -0.05) is 27.7 Å². The van der Waals surface area contributed by atoms with E-state index in [1.165, 1.54) is 38.9 Å². The number of carbonyl (C=O) groups is 1. The summed E-state index contributed by atoms with van der Waals surface area (Å²) in [5.74, 6) is 1.30. The quantitative estimate of drug-likeness (QED) is 0.781. The lowest BCUT2D eigenvalue weighted by atomic mass is 9.71. The van der Waals surface area contributed by atoms with Crippen molar-refractivity contribution in [2.24, 2.45) is 17.3 Å². The molecule has 0 aromatic rings. The Morgan fingerprint density at radius 3 is 2.16 bits per heavy atom. The third-order valence-corrected chi connectivity index (χ3v) is 4.77. The molecule has 2 saturated heterocycles. The van der Waals surface area contributed by atoms with Gasteiger partial charge in [0.1, 0.15) is 0 Å². The van der Waals surface area contributed by atoms with Crippen molar-refractivity contribution in [2.75, 3.05) is 32.7 Å². The third kappa shape index (κ3) is 3.50. The SMILES string of the molecule is CC(C)CCN1CC2(CCN(C(=O)C(C)C)CC2)C1. The fourth-order valence-corrected chi connectivity index (χ4v) is 3.38. The van der Waals surface area contributed by atoms with E-state index in [4.69, 9.17) is 0 Å². The Morgan fingerprint density at radius 2 is 1.68 bits per heavy atom. The second-order valence-electron chi connectivity index (χ2n) is 7.37. The molecule has 0 aromatic heterocycles. The summed E-state index contributed by atoms with van der Waals surface area (Å²) in [6.45, 7) is 14.4. The van der Waals surface area contributed by atoms with Gasteiger partial charge in [0.15, 0.2) is 0 Å². The van der Waals surface area contributed by atoms with Gasteiger partial charge in [-0.2, -0.15) is 0 Å². The molecule has 3 nitrogen and oxygen atoms in total. The summed E-state index contributed by atoms with van der Waals surface area (Å²) in [5.41, 5.74) is 0.546. The number of amides is 1. The molecule has 0 unspecified atom stereocenters. The number of likely N-dealkylation sites (tertiary alicyclic amines) is 2. The maximum Gasteiger partial charge on any atom is 0.225 e. The van der Waals surface area contributed by atoms with E-state index in [0.29, 0.717) is 11.3 Å². The fraction of sp³-hybridized carbons (Fsp3) is 0.938. The van der Waals surface area contributed by atoms with Gasteiger partial charge in [-0.3, -0.25) is 4.79 Å². The van der Waals surface area contributed by atoms with Gasteiger partial charge in [-0.25, -0.2) is 0 Å². The molecule has 2 fully saturated rings. The Bertz CT molecular complexity index is 309. The zero-order chi connectivity index (χ0) is 14.0. The number of carbonyl (C=O) groups excluding carboxylic acids is 1. The van der Waals surface area contributed by atoms with Gasteiger partial charge < -0.3 is 9.80 Å². The monoisotopic (exact) mass is 266 g/mol. The van der Waals surface area contributed by atoms with Crippen LogP contribution >= 0.6 is 0 Å². The van der Waals surface area contributed by atoms with Gasteiger partial charge in [0.2, 0.25) is 5.91 Å². The molecule has 19 heavy (non-hydrogen) atoms. The molecule has 110 valence electrons. The van der Waals surface area contributed by atoms with E-state index in [2.05, 4.69) is 23.6 Å². The first-order chi connectivity index (χ1) is 8.92. The summed E-state index contributed by atoms with van der Waals surface area (Å²) in [6.07, 6.45) is 3.74. The topological polar surface area (TPSA) is 23.6 Å². The van der Waals surface area contributed by atoms with E-state index in [-0.39, 0.29) is 5.92 Å². The van der Waals surface area contributed by atoms with Gasteiger partial charge >= 0.3 is 0 Å². The van der Waals surface area contributed by atoms with Gasteiger partial charge in [0.05, 0.1) is 0 Å². The molecule has 0 aliphatic carbocycles. The molecule has 0 saturated carbocycles. The summed E-state index contributed by atoms with van der Waals surface area (Å²) < 4.78 is 0. The average molecular weight is 266 g/mol. The molecule has 2 rings (SSSR count). The summed E-state index contributed by atoms with van der Waals surface area (Å²) >= 11 is 0. The van der Waals surface area contributed by atoms with Gasteiger partial charge in [0.25, 0.3) is 0 Å². The Hall–Kier alpha value is -0.570. The molecule has 0 atom stereocenters. The van der Waals surface area contributed by atoms with E-state index >= 15 is 0 Å². The van der Waals surface area contributed by atoms with Crippen LogP contribution < -0.4 is 0 Å². The van der Waals surface area contributed by atoms with Crippen molar-refractivity contribution in [3.05, 3.63) is 0 Å². The highest BCUT2D eigenvalue weighted by atomic mass is 16.2. The minimum absolute atomic E-state index is 0.151. The Kier molecular flexibility index (Phi) is 4.54. The average Bonchev–Trinajstić information content (AvgIpc) is 2.33. The molecule has 2 heterocycles. The fourth-order valence-electron chi connectivity index (χ4n) is 3.38. The highest BCUT2D eigenvalue weighted by Gasteiger charge is 2.44. The molecule has 0 radical (unpaired) electrons. The molecular weight excluding hydrogens is 236 g/mol. The van der Waals surface area contributed by atoms with Crippen molar-refractivity contribution < 1.29 is 4.79 Å². The van der Waals surface area contributed by atoms with Crippen LogP contribution in [0.1, 0.15) is 47.0 Å². The van der Waals surface area contributed by atoms with Crippen molar-refractivity contribution in [1.82, 2.24) is 9.80 Å². The number of nitrogens with zero attached hydrogens (tertiary/aromatic N) is 2. The van der Waals surface area contributed by atoms with Crippen LogP contribution in [0.5, 0.6) is 0 Å². The molecule has 1 amide bonds. The van der Waals surface area contributed by atoms with Crippen LogP contribution in [0, 0.1) is 17.3 Å². The predicted molar refractivity (Wildman–Crippen MR) is 79.0 cm³/mol. The molecule has 0 bridgehead atoms. The largest absolute Gasteiger partial charge is 0.342 e. The van der Waals surface area contributed by atoms with E-state index in [1.807, 2.05) is 13.8 Å². The van der Waals surface area contributed by atoms with Crippen LogP contribution in [0.25, 0.3) is 0 Å².